The van der Waals surface area contributed by atoms with Gasteiger partial charge in [0.1, 0.15) is 0 Å². The summed E-state index contributed by atoms with van der Waals surface area (Å²) in [7, 11) is 1.39. The van der Waals surface area contributed by atoms with Gasteiger partial charge in [0.25, 0.3) is 0 Å². The zero-order valence-corrected chi connectivity index (χ0v) is 9.45. The average Bonchev–Trinajstić information content (AvgIpc) is 2.22. The Kier molecular flexibility index (Phi) is 2.83. The topological polar surface area (TPSA) is 47.6 Å². The standard InChI is InChI=1S/C12H15NO3/c1-9-4-3-5-10(6-9)13-12(7-16-8-12)11(14)15-2/h3-6,13H,7-8H2,1-2H3. The Morgan fingerprint density at radius 3 is 2.75 bits per heavy atom. The lowest BCUT2D eigenvalue weighted by molar-refractivity contribution is -0.161. The fourth-order valence-corrected chi connectivity index (χ4v) is 1.74. The van der Waals surface area contributed by atoms with Crippen LogP contribution >= 0.6 is 0 Å². The van der Waals surface area contributed by atoms with Gasteiger partial charge in [-0.05, 0) is 24.6 Å². The predicted molar refractivity (Wildman–Crippen MR) is 60.4 cm³/mol. The summed E-state index contributed by atoms with van der Waals surface area (Å²) in [5.41, 5.74) is 1.35. The molecule has 0 unspecified atom stereocenters. The fraction of sp³-hybridized carbons (Fsp3) is 0.417. The second-order valence-corrected chi connectivity index (χ2v) is 4.06. The molecule has 0 bridgehead atoms. The first-order valence-electron chi connectivity index (χ1n) is 5.17. The van der Waals surface area contributed by atoms with Crippen molar-refractivity contribution in [2.24, 2.45) is 0 Å². The number of methoxy groups -OCH3 is 1. The van der Waals surface area contributed by atoms with E-state index in [1.165, 1.54) is 7.11 Å². The number of benzene rings is 1. The Bertz CT molecular complexity index is 399. The van der Waals surface area contributed by atoms with Crippen LogP contribution in [0.4, 0.5) is 5.69 Å². The third-order valence-electron chi connectivity index (χ3n) is 2.67. The Labute approximate surface area is 94.6 Å². The summed E-state index contributed by atoms with van der Waals surface area (Å²) in [5.74, 6) is -0.278. The fourth-order valence-electron chi connectivity index (χ4n) is 1.74. The van der Waals surface area contributed by atoms with E-state index in [1.807, 2.05) is 31.2 Å². The van der Waals surface area contributed by atoms with E-state index in [9.17, 15) is 4.79 Å². The molecule has 1 aliphatic heterocycles. The van der Waals surface area contributed by atoms with Crippen molar-refractivity contribution in [1.82, 2.24) is 0 Å². The van der Waals surface area contributed by atoms with Crippen molar-refractivity contribution in [3.05, 3.63) is 29.8 Å². The minimum absolute atomic E-state index is 0.278. The van der Waals surface area contributed by atoms with Crippen LogP contribution in [0.2, 0.25) is 0 Å². The maximum atomic E-state index is 11.6. The molecule has 0 spiro atoms. The lowest BCUT2D eigenvalue weighted by atomic mass is 9.97. The zero-order valence-electron chi connectivity index (χ0n) is 9.45. The maximum Gasteiger partial charge on any atom is 0.336 e. The van der Waals surface area contributed by atoms with E-state index >= 15 is 0 Å². The number of carbonyl (C=O) groups is 1. The molecule has 1 aromatic rings. The van der Waals surface area contributed by atoms with Gasteiger partial charge in [0.05, 0.1) is 20.3 Å². The van der Waals surface area contributed by atoms with Crippen LogP contribution in [0.3, 0.4) is 0 Å². The number of carbonyl (C=O) groups excluding carboxylic acids is 1. The molecule has 0 radical (unpaired) electrons. The maximum absolute atomic E-state index is 11.6. The second kappa shape index (κ2) is 4.14. The molecular weight excluding hydrogens is 206 g/mol. The van der Waals surface area contributed by atoms with Gasteiger partial charge in [-0.25, -0.2) is 4.79 Å². The van der Waals surface area contributed by atoms with Gasteiger partial charge in [0.2, 0.25) is 0 Å². The highest BCUT2D eigenvalue weighted by Gasteiger charge is 2.47. The number of hydrogen-bond donors (Lipinski definition) is 1. The summed E-state index contributed by atoms with van der Waals surface area (Å²) in [4.78, 5) is 11.6. The van der Waals surface area contributed by atoms with Gasteiger partial charge in [0.15, 0.2) is 5.54 Å². The van der Waals surface area contributed by atoms with E-state index in [2.05, 4.69) is 5.32 Å². The molecule has 4 nitrogen and oxygen atoms in total. The molecule has 1 fully saturated rings. The normalized spacial score (nSPS) is 17.4. The smallest absolute Gasteiger partial charge is 0.336 e. The summed E-state index contributed by atoms with van der Waals surface area (Å²) in [5, 5.41) is 3.18. The largest absolute Gasteiger partial charge is 0.467 e. The van der Waals surface area contributed by atoms with E-state index in [4.69, 9.17) is 9.47 Å². The predicted octanol–water partition coefficient (Wildman–Crippen LogP) is 1.35. The first-order valence-corrected chi connectivity index (χ1v) is 5.17. The van der Waals surface area contributed by atoms with Gasteiger partial charge in [-0.3, -0.25) is 0 Å². The summed E-state index contributed by atoms with van der Waals surface area (Å²) in [6, 6.07) is 7.87. The highest BCUT2D eigenvalue weighted by molar-refractivity contribution is 5.86. The lowest BCUT2D eigenvalue weighted by Crippen LogP contribution is -2.62. The first kappa shape index (κ1) is 11.0. The van der Waals surface area contributed by atoms with Gasteiger partial charge in [-0.2, -0.15) is 0 Å². The molecule has 0 amide bonds. The molecule has 1 aliphatic rings. The van der Waals surface area contributed by atoms with Crippen LogP contribution in [-0.2, 0) is 14.3 Å². The summed E-state index contributed by atoms with van der Waals surface area (Å²) in [6.07, 6.45) is 0. The van der Waals surface area contributed by atoms with Gasteiger partial charge in [0, 0.05) is 5.69 Å². The van der Waals surface area contributed by atoms with E-state index in [-0.39, 0.29) is 5.97 Å². The minimum Gasteiger partial charge on any atom is -0.467 e. The van der Waals surface area contributed by atoms with E-state index in [0.717, 1.165) is 11.3 Å². The molecular formula is C12H15NO3. The highest BCUT2D eigenvalue weighted by atomic mass is 16.5. The van der Waals surface area contributed by atoms with Crippen LogP contribution in [0.15, 0.2) is 24.3 Å². The van der Waals surface area contributed by atoms with Gasteiger partial charge in [-0.1, -0.05) is 12.1 Å². The Hall–Kier alpha value is -1.55. The third kappa shape index (κ3) is 1.88. The molecule has 86 valence electrons. The molecule has 1 heterocycles. The Morgan fingerprint density at radius 1 is 1.50 bits per heavy atom. The van der Waals surface area contributed by atoms with Gasteiger partial charge >= 0.3 is 5.97 Å². The van der Waals surface area contributed by atoms with Crippen molar-refractivity contribution in [3.8, 4) is 0 Å². The quantitative estimate of drug-likeness (QED) is 0.783. The Balaban J connectivity index is 2.16. The molecule has 4 heteroatoms. The monoisotopic (exact) mass is 221 g/mol. The van der Waals surface area contributed by atoms with Crippen molar-refractivity contribution in [2.75, 3.05) is 25.6 Å². The number of rotatable bonds is 3. The summed E-state index contributed by atoms with van der Waals surface area (Å²) in [6.45, 7) is 2.72. The van der Waals surface area contributed by atoms with E-state index < -0.39 is 5.54 Å². The van der Waals surface area contributed by atoms with Crippen molar-refractivity contribution < 1.29 is 14.3 Å². The van der Waals surface area contributed by atoms with Crippen LogP contribution in [0.25, 0.3) is 0 Å². The zero-order chi connectivity index (χ0) is 11.6. The summed E-state index contributed by atoms with van der Waals surface area (Å²) < 4.78 is 9.88. The van der Waals surface area contributed by atoms with Crippen LogP contribution in [0.5, 0.6) is 0 Å². The number of hydrogen-bond acceptors (Lipinski definition) is 4. The molecule has 0 aromatic heterocycles. The van der Waals surface area contributed by atoms with Crippen molar-refractivity contribution in [1.29, 1.82) is 0 Å². The van der Waals surface area contributed by atoms with E-state index in [0.29, 0.717) is 13.2 Å². The molecule has 1 saturated heterocycles. The van der Waals surface area contributed by atoms with Gasteiger partial charge < -0.3 is 14.8 Å². The molecule has 1 N–H and O–H groups in total. The molecule has 0 aliphatic carbocycles. The average molecular weight is 221 g/mol. The number of ether oxygens (including phenoxy) is 2. The SMILES string of the molecule is COC(=O)C1(Nc2cccc(C)c2)COC1. The van der Waals surface area contributed by atoms with Crippen LogP contribution in [-0.4, -0.2) is 31.8 Å². The first-order chi connectivity index (χ1) is 7.66. The number of nitrogens with one attached hydrogen (secondary N) is 1. The lowest BCUT2D eigenvalue weighted by Gasteiger charge is -2.39. The molecule has 0 atom stereocenters. The van der Waals surface area contributed by atoms with Crippen molar-refractivity contribution >= 4 is 11.7 Å². The van der Waals surface area contributed by atoms with Crippen molar-refractivity contribution in [3.63, 3.8) is 0 Å². The van der Waals surface area contributed by atoms with Gasteiger partial charge in [-0.15, -0.1) is 0 Å². The third-order valence-corrected chi connectivity index (χ3v) is 2.67. The van der Waals surface area contributed by atoms with E-state index in [1.54, 1.807) is 0 Å². The number of esters is 1. The molecule has 16 heavy (non-hydrogen) atoms. The minimum atomic E-state index is -0.706. The van der Waals surface area contributed by atoms with Crippen LogP contribution < -0.4 is 5.32 Å². The number of aryl methyl sites for hydroxylation is 1. The second-order valence-electron chi connectivity index (χ2n) is 4.06. The summed E-state index contributed by atoms with van der Waals surface area (Å²) >= 11 is 0. The highest BCUT2D eigenvalue weighted by Crippen LogP contribution is 2.25. The molecule has 0 saturated carbocycles. The number of anilines is 1. The van der Waals surface area contributed by atoms with Crippen molar-refractivity contribution in [2.45, 2.75) is 12.5 Å². The molecule has 2 rings (SSSR count). The molecule has 1 aromatic carbocycles. The van der Waals surface area contributed by atoms with Crippen LogP contribution in [0, 0.1) is 6.92 Å². The Morgan fingerprint density at radius 2 is 2.25 bits per heavy atom. The van der Waals surface area contributed by atoms with Crippen LogP contribution in [0.1, 0.15) is 5.56 Å².